The number of aromatic nitrogens is 4. The van der Waals surface area contributed by atoms with Gasteiger partial charge in [0.15, 0.2) is 5.82 Å². The Bertz CT molecular complexity index is 1340. The van der Waals surface area contributed by atoms with Gasteiger partial charge in [-0.15, -0.1) is 0 Å². The summed E-state index contributed by atoms with van der Waals surface area (Å²) in [7, 11) is 0. The topological polar surface area (TPSA) is 121 Å². The lowest BCUT2D eigenvalue weighted by atomic mass is 10.2. The molecule has 0 spiro atoms. The predicted molar refractivity (Wildman–Crippen MR) is 121 cm³/mol. The summed E-state index contributed by atoms with van der Waals surface area (Å²) in [5, 5.41) is 13.8. The number of fused-ring (bicyclic) bond motifs is 2. The highest BCUT2D eigenvalue weighted by atomic mass is 19.1. The molecular formula is C22H22FN7O3. The third-order valence-electron chi connectivity index (χ3n) is 5.61. The molecule has 5 rings (SSSR count). The first-order valence-electron chi connectivity index (χ1n) is 10.6. The lowest BCUT2D eigenvalue weighted by Crippen LogP contribution is -2.49. The Balaban J connectivity index is 1.18. The van der Waals surface area contributed by atoms with Crippen LogP contribution in [0.1, 0.15) is 0 Å². The number of aliphatic hydroxyl groups excluding tert-OH is 1. The highest BCUT2D eigenvalue weighted by Gasteiger charge is 2.22. The number of anilines is 2. The van der Waals surface area contributed by atoms with Crippen LogP contribution in [0.25, 0.3) is 22.0 Å². The summed E-state index contributed by atoms with van der Waals surface area (Å²) in [6.07, 6.45) is 4.35. The molecule has 1 fully saturated rings. The molecule has 0 saturated carbocycles. The summed E-state index contributed by atoms with van der Waals surface area (Å²) in [6.45, 7) is 3.58. The maximum absolute atomic E-state index is 13.6. The molecule has 170 valence electrons. The number of pyridine rings is 1. The molecule has 3 aromatic heterocycles. The highest BCUT2D eigenvalue weighted by Crippen LogP contribution is 2.22. The van der Waals surface area contributed by atoms with E-state index in [0.717, 1.165) is 43.0 Å². The minimum Gasteiger partial charge on any atom is -0.408 e. The van der Waals surface area contributed by atoms with Crippen molar-refractivity contribution in [1.82, 2.24) is 24.8 Å². The van der Waals surface area contributed by atoms with Gasteiger partial charge in [-0.25, -0.2) is 19.2 Å². The summed E-state index contributed by atoms with van der Waals surface area (Å²) in [4.78, 5) is 33.0. The quantitative estimate of drug-likeness (QED) is 0.443. The maximum Gasteiger partial charge on any atom is 0.441 e. The van der Waals surface area contributed by atoms with Gasteiger partial charge in [0, 0.05) is 57.9 Å². The molecule has 1 aromatic carbocycles. The van der Waals surface area contributed by atoms with Crippen LogP contribution in [0.4, 0.5) is 16.0 Å². The normalized spacial score (nSPS) is 15.8. The van der Waals surface area contributed by atoms with Crippen molar-refractivity contribution < 1.29 is 13.9 Å². The van der Waals surface area contributed by atoms with Crippen molar-refractivity contribution in [1.29, 1.82) is 0 Å². The molecule has 1 aliphatic heterocycles. The number of rotatable bonds is 6. The second-order valence-electron chi connectivity index (χ2n) is 7.85. The summed E-state index contributed by atoms with van der Waals surface area (Å²) in [5.74, 6) is -0.247. The van der Waals surface area contributed by atoms with Gasteiger partial charge in [0.2, 0.25) is 0 Å². The number of β-amino-alcohol motifs (C(OH)–C–C–N with tert-alkyl or cyclic N) is 1. The highest BCUT2D eigenvalue weighted by molar-refractivity contribution is 5.87. The van der Waals surface area contributed by atoms with Crippen LogP contribution < -0.4 is 16.0 Å². The number of halogens is 1. The van der Waals surface area contributed by atoms with Crippen LogP contribution in [0, 0.1) is 5.82 Å². The third-order valence-corrected chi connectivity index (χ3v) is 5.61. The van der Waals surface area contributed by atoms with Gasteiger partial charge < -0.3 is 19.7 Å². The Morgan fingerprint density at radius 1 is 1.09 bits per heavy atom. The minimum atomic E-state index is -0.783. The van der Waals surface area contributed by atoms with Gasteiger partial charge in [-0.3, -0.25) is 9.88 Å². The van der Waals surface area contributed by atoms with Crippen LogP contribution in [0.15, 0.2) is 52.1 Å². The number of nitrogens with one attached hydrogen (secondary N) is 1. The molecule has 4 heterocycles. The van der Waals surface area contributed by atoms with Crippen molar-refractivity contribution in [2.75, 3.05) is 49.5 Å². The minimum absolute atomic E-state index is 0.156. The maximum atomic E-state index is 13.6. The van der Waals surface area contributed by atoms with E-state index in [1.54, 1.807) is 18.6 Å². The molecule has 10 nitrogen and oxygen atoms in total. The van der Waals surface area contributed by atoms with Crippen LogP contribution in [-0.2, 0) is 0 Å². The third kappa shape index (κ3) is 4.59. The van der Waals surface area contributed by atoms with Crippen LogP contribution in [0.3, 0.4) is 0 Å². The number of hydrogen-bond acceptors (Lipinski definition) is 10. The number of nitrogens with zero attached hydrogens (tertiary/aromatic N) is 6. The van der Waals surface area contributed by atoms with Gasteiger partial charge in [0.05, 0.1) is 17.0 Å². The molecule has 1 unspecified atom stereocenters. The lowest BCUT2D eigenvalue weighted by molar-refractivity contribution is 0.118. The monoisotopic (exact) mass is 451 g/mol. The fourth-order valence-corrected chi connectivity index (χ4v) is 4.01. The average Bonchev–Trinajstić information content (AvgIpc) is 2.83. The number of benzene rings is 1. The van der Waals surface area contributed by atoms with E-state index >= 15 is 0 Å². The summed E-state index contributed by atoms with van der Waals surface area (Å²) < 4.78 is 18.6. The van der Waals surface area contributed by atoms with E-state index < -0.39 is 17.7 Å². The first-order chi connectivity index (χ1) is 16.1. The molecule has 0 aliphatic carbocycles. The van der Waals surface area contributed by atoms with Gasteiger partial charge >= 0.3 is 5.76 Å². The van der Waals surface area contributed by atoms with Gasteiger partial charge in [0.25, 0.3) is 0 Å². The van der Waals surface area contributed by atoms with Gasteiger partial charge in [0.1, 0.15) is 22.7 Å². The fourth-order valence-electron chi connectivity index (χ4n) is 4.01. The van der Waals surface area contributed by atoms with Crippen molar-refractivity contribution in [3.8, 4) is 0 Å². The molecule has 1 atom stereocenters. The zero-order chi connectivity index (χ0) is 22.8. The summed E-state index contributed by atoms with van der Waals surface area (Å²) >= 11 is 0. The Labute approximate surface area is 187 Å². The van der Waals surface area contributed by atoms with Crippen molar-refractivity contribution in [3.63, 3.8) is 0 Å². The Morgan fingerprint density at radius 2 is 1.91 bits per heavy atom. The van der Waals surface area contributed by atoms with Crippen molar-refractivity contribution in [2.24, 2.45) is 0 Å². The fraction of sp³-hybridized carbons (Fsp3) is 0.318. The molecule has 1 saturated heterocycles. The number of piperazine rings is 1. The Morgan fingerprint density at radius 3 is 2.76 bits per heavy atom. The zero-order valence-corrected chi connectivity index (χ0v) is 17.7. The lowest BCUT2D eigenvalue weighted by Gasteiger charge is -2.36. The molecular weight excluding hydrogens is 429 g/mol. The first kappa shape index (κ1) is 21.2. The molecule has 2 N–H and O–H groups in total. The van der Waals surface area contributed by atoms with Crippen LogP contribution in [-0.4, -0.2) is 75.3 Å². The first-order valence-corrected chi connectivity index (χ1v) is 10.6. The Kier molecular flexibility index (Phi) is 5.80. The Hall–Kier alpha value is -3.70. The van der Waals surface area contributed by atoms with Crippen LogP contribution in [0.5, 0.6) is 0 Å². The largest absolute Gasteiger partial charge is 0.441 e. The van der Waals surface area contributed by atoms with E-state index in [-0.39, 0.29) is 17.9 Å². The molecule has 4 aromatic rings. The van der Waals surface area contributed by atoms with Crippen molar-refractivity contribution in [3.05, 3.63) is 59.2 Å². The second-order valence-corrected chi connectivity index (χ2v) is 7.85. The zero-order valence-electron chi connectivity index (χ0n) is 17.7. The van der Waals surface area contributed by atoms with Crippen molar-refractivity contribution in [2.45, 2.75) is 6.10 Å². The van der Waals surface area contributed by atoms with Crippen LogP contribution >= 0.6 is 0 Å². The van der Waals surface area contributed by atoms with Gasteiger partial charge in [-0.2, -0.15) is 4.98 Å². The second kappa shape index (κ2) is 9.04. The predicted octanol–water partition coefficient (Wildman–Crippen LogP) is 1.26. The molecule has 1 aliphatic rings. The SMILES string of the molecule is O=c1nc(NCC(O)CN2CCN(c3nccc4nccnc34)CC2)c2cc(F)ccc2o1. The average molecular weight is 451 g/mol. The molecule has 33 heavy (non-hydrogen) atoms. The van der Waals surface area contributed by atoms with Crippen LogP contribution in [0.2, 0.25) is 0 Å². The molecule has 0 radical (unpaired) electrons. The molecule has 0 bridgehead atoms. The number of aliphatic hydroxyl groups is 1. The smallest absolute Gasteiger partial charge is 0.408 e. The van der Waals surface area contributed by atoms with Gasteiger partial charge in [-0.05, 0) is 24.3 Å². The molecule has 11 heteroatoms. The number of hydrogen-bond donors (Lipinski definition) is 2. The van der Waals surface area contributed by atoms with E-state index in [9.17, 15) is 14.3 Å². The van der Waals surface area contributed by atoms with Gasteiger partial charge in [-0.1, -0.05) is 0 Å². The summed E-state index contributed by atoms with van der Waals surface area (Å²) in [6, 6.07) is 5.68. The van der Waals surface area contributed by atoms with E-state index in [0.29, 0.717) is 11.9 Å². The molecule has 0 amide bonds. The van der Waals surface area contributed by atoms with E-state index in [1.807, 2.05) is 6.07 Å². The standard InChI is InChI=1S/C22H22FN7O3/c23-14-1-2-18-16(11-14)20(28-22(32)33-18)27-12-15(31)13-29-7-9-30(10-8-29)21-19-17(3-4-26-21)24-5-6-25-19/h1-6,11,15,31H,7-10,12-13H2,(H,27,28,32). The van der Waals surface area contributed by atoms with E-state index in [1.165, 1.54) is 18.2 Å². The van der Waals surface area contributed by atoms with E-state index in [2.05, 4.69) is 35.1 Å². The van der Waals surface area contributed by atoms with Crippen molar-refractivity contribution >= 4 is 33.6 Å². The van der Waals surface area contributed by atoms with E-state index in [4.69, 9.17) is 4.42 Å². The summed E-state index contributed by atoms with van der Waals surface area (Å²) in [5.41, 5.74) is 1.82.